The minimum atomic E-state index is -0.557. The molecule has 0 atom stereocenters. The number of amides is 3. The minimum absolute atomic E-state index is 0.178. The van der Waals surface area contributed by atoms with E-state index in [0.717, 1.165) is 22.2 Å². The minimum Gasteiger partial charge on any atom is -0.490 e. The normalized spacial score (nSPS) is 14.0. The molecular weight excluding hydrogens is 540 g/mol. The Morgan fingerprint density at radius 1 is 1.00 bits per heavy atom. The number of imide groups is 1. The summed E-state index contributed by atoms with van der Waals surface area (Å²) in [6.07, 6.45) is 1.55. The van der Waals surface area contributed by atoms with Gasteiger partial charge in [0.05, 0.1) is 18.1 Å². The predicted molar refractivity (Wildman–Crippen MR) is 151 cm³/mol. The Bertz CT molecular complexity index is 1450. The monoisotopic (exact) mass is 564 g/mol. The van der Waals surface area contributed by atoms with Crippen molar-refractivity contribution in [2.24, 2.45) is 0 Å². The lowest BCUT2D eigenvalue weighted by Gasteiger charge is -2.13. The highest BCUT2D eigenvalue weighted by molar-refractivity contribution is 8.18. The maximum Gasteiger partial charge on any atom is 0.293 e. The standard InChI is InChI=1S/C29H25ClN2O6S/c1-3-37-25-14-19(7-12-24(25)38-17-27(34)31-22-6-4-5-18(2)13-22)15-26-28(35)32(29(36)39-26)16-23(33)20-8-10-21(30)11-9-20/h4-15H,3,16-17H2,1-2H3,(H,31,34)/b26-15+. The first-order valence-electron chi connectivity index (χ1n) is 12.0. The van der Waals surface area contributed by atoms with Crippen LogP contribution in [0.5, 0.6) is 11.5 Å². The molecule has 3 aromatic rings. The fourth-order valence-electron chi connectivity index (χ4n) is 3.72. The average Bonchev–Trinajstić information content (AvgIpc) is 3.16. The molecule has 0 saturated carbocycles. The fraction of sp³-hybridized carbons (Fsp3) is 0.172. The van der Waals surface area contributed by atoms with Gasteiger partial charge in [0.1, 0.15) is 0 Å². The molecule has 200 valence electrons. The van der Waals surface area contributed by atoms with Gasteiger partial charge in [0, 0.05) is 16.3 Å². The molecule has 39 heavy (non-hydrogen) atoms. The number of ether oxygens (including phenoxy) is 2. The summed E-state index contributed by atoms with van der Waals surface area (Å²) in [4.78, 5) is 51.4. The lowest BCUT2D eigenvalue weighted by molar-refractivity contribution is -0.122. The van der Waals surface area contributed by atoms with Gasteiger partial charge in [-0.15, -0.1) is 0 Å². The number of anilines is 1. The largest absolute Gasteiger partial charge is 0.490 e. The quantitative estimate of drug-likeness (QED) is 0.238. The Hall–Kier alpha value is -4.08. The van der Waals surface area contributed by atoms with Gasteiger partial charge in [-0.3, -0.25) is 24.1 Å². The molecule has 4 rings (SSSR count). The van der Waals surface area contributed by atoms with Gasteiger partial charge in [-0.1, -0.05) is 29.8 Å². The first-order chi connectivity index (χ1) is 18.7. The summed E-state index contributed by atoms with van der Waals surface area (Å²) in [6.45, 7) is 3.49. The smallest absolute Gasteiger partial charge is 0.293 e. The van der Waals surface area contributed by atoms with E-state index < -0.39 is 11.1 Å². The Labute approximate surface area is 234 Å². The number of Topliss-reactive ketones (excluding diaryl/α,β-unsaturated/α-hetero) is 1. The number of rotatable bonds is 10. The summed E-state index contributed by atoms with van der Waals surface area (Å²) in [5.41, 5.74) is 2.64. The lowest BCUT2D eigenvalue weighted by atomic mass is 10.1. The van der Waals surface area contributed by atoms with Crippen LogP contribution in [0.4, 0.5) is 10.5 Å². The number of halogens is 1. The van der Waals surface area contributed by atoms with Crippen molar-refractivity contribution in [2.75, 3.05) is 25.1 Å². The lowest BCUT2D eigenvalue weighted by Crippen LogP contribution is -2.33. The second-order valence-electron chi connectivity index (χ2n) is 8.54. The number of benzene rings is 3. The van der Waals surface area contributed by atoms with Gasteiger partial charge in [0.15, 0.2) is 23.9 Å². The van der Waals surface area contributed by atoms with Gasteiger partial charge < -0.3 is 14.8 Å². The zero-order valence-corrected chi connectivity index (χ0v) is 22.8. The van der Waals surface area contributed by atoms with Crippen LogP contribution in [0.1, 0.15) is 28.4 Å². The molecule has 0 aliphatic carbocycles. The van der Waals surface area contributed by atoms with E-state index in [-0.39, 0.29) is 29.7 Å². The Kier molecular flexibility index (Phi) is 9.06. The second-order valence-corrected chi connectivity index (χ2v) is 9.97. The zero-order chi connectivity index (χ0) is 27.9. The van der Waals surface area contributed by atoms with Crippen LogP contribution >= 0.6 is 23.4 Å². The number of nitrogens with one attached hydrogen (secondary N) is 1. The molecule has 1 saturated heterocycles. The molecule has 1 heterocycles. The first kappa shape index (κ1) is 27.9. The van der Waals surface area contributed by atoms with Crippen LogP contribution in [-0.4, -0.2) is 47.5 Å². The molecule has 1 aliphatic rings. The summed E-state index contributed by atoms with van der Waals surface area (Å²) < 4.78 is 11.4. The van der Waals surface area contributed by atoms with E-state index in [1.807, 2.05) is 32.0 Å². The van der Waals surface area contributed by atoms with Gasteiger partial charge in [-0.25, -0.2) is 0 Å². The van der Waals surface area contributed by atoms with Crippen LogP contribution in [0.3, 0.4) is 0 Å². The van der Waals surface area contributed by atoms with E-state index >= 15 is 0 Å². The second kappa shape index (κ2) is 12.6. The molecule has 3 amide bonds. The van der Waals surface area contributed by atoms with E-state index in [0.29, 0.717) is 39.9 Å². The number of hydrogen-bond donors (Lipinski definition) is 1. The van der Waals surface area contributed by atoms with Crippen molar-refractivity contribution in [1.29, 1.82) is 0 Å². The molecule has 10 heteroatoms. The van der Waals surface area contributed by atoms with E-state index in [2.05, 4.69) is 5.32 Å². The summed E-state index contributed by atoms with van der Waals surface area (Å²) in [5, 5.41) is 2.73. The highest BCUT2D eigenvalue weighted by Gasteiger charge is 2.36. The number of carbonyl (C=O) groups excluding carboxylic acids is 4. The van der Waals surface area contributed by atoms with Crippen molar-refractivity contribution in [1.82, 2.24) is 4.90 Å². The van der Waals surface area contributed by atoms with E-state index in [1.165, 1.54) is 0 Å². The fourth-order valence-corrected chi connectivity index (χ4v) is 4.69. The highest BCUT2D eigenvalue weighted by Crippen LogP contribution is 2.35. The zero-order valence-electron chi connectivity index (χ0n) is 21.2. The maximum absolute atomic E-state index is 12.9. The molecule has 0 bridgehead atoms. The van der Waals surface area contributed by atoms with Crippen molar-refractivity contribution >= 4 is 58.0 Å². The van der Waals surface area contributed by atoms with Crippen LogP contribution in [-0.2, 0) is 9.59 Å². The Morgan fingerprint density at radius 3 is 2.49 bits per heavy atom. The molecule has 3 aromatic carbocycles. The molecular formula is C29H25ClN2O6S. The number of ketones is 1. The summed E-state index contributed by atoms with van der Waals surface area (Å²) >= 11 is 6.62. The average molecular weight is 565 g/mol. The number of hydrogen-bond acceptors (Lipinski definition) is 7. The summed E-state index contributed by atoms with van der Waals surface area (Å²) in [5.74, 6) is -0.518. The molecule has 8 nitrogen and oxygen atoms in total. The van der Waals surface area contributed by atoms with Crippen LogP contribution in [0, 0.1) is 6.92 Å². The number of carbonyl (C=O) groups is 4. The van der Waals surface area contributed by atoms with Crippen molar-refractivity contribution < 1.29 is 28.7 Å². The van der Waals surface area contributed by atoms with Crippen molar-refractivity contribution in [3.63, 3.8) is 0 Å². The molecule has 1 fully saturated rings. The van der Waals surface area contributed by atoms with Gasteiger partial charge in [-0.05, 0) is 91.3 Å². The maximum atomic E-state index is 12.9. The van der Waals surface area contributed by atoms with Crippen LogP contribution in [0.25, 0.3) is 6.08 Å². The molecule has 1 aliphatic heterocycles. The van der Waals surface area contributed by atoms with E-state index in [9.17, 15) is 19.2 Å². The van der Waals surface area contributed by atoms with Gasteiger partial charge >= 0.3 is 0 Å². The third-order valence-corrected chi connectivity index (χ3v) is 6.73. The molecule has 0 unspecified atom stereocenters. The third kappa shape index (κ3) is 7.28. The number of nitrogens with zero attached hydrogens (tertiary/aromatic N) is 1. The van der Waals surface area contributed by atoms with Crippen LogP contribution in [0.15, 0.2) is 71.6 Å². The van der Waals surface area contributed by atoms with Gasteiger partial charge in [0.25, 0.3) is 17.1 Å². The summed E-state index contributed by atoms with van der Waals surface area (Å²) in [6, 6.07) is 18.6. The highest BCUT2D eigenvalue weighted by atomic mass is 35.5. The molecule has 0 spiro atoms. The van der Waals surface area contributed by atoms with Crippen molar-refractivity contribution in [2.45, 2.75) is 13.8 Å². The van der Waals surface area contributed by atoms with E-state index in [4.69, 9.17) is 21.1 Å². The van der Waals surface area contributed by atoms with Crippen molar-refractivity contribution in [3.05, 3.63) is 93.3 Å². The topological polar surface area (TPSA) is 102 Å². The SMILES string of the molecule is CCOc1cc(/C=C2/SC(=O)N(CC(=O)c3ccc(Cl)cc3)C2=O)ccc1OCC(=O)Nc1cccc(C)c1. The third-order valence-electron chi connectivity index (χ3n) is 5.57. The van der Waals surface area contributed by atoms with Crippen molar-refractivity contribution in [3.8, 4) is 11.5 Å². The Balaban J connectivity index is 1.43. The van der Waals surface area contributed by atoms with Gasteiger partial charge in [0.2, 0.25) is 0 Å². The Morgan fingerprint density at radius 2 is 1.77 bits per heavy atom. The summed E-state index contributed by atoms with van der Waals surface area (Å²) in [7, 11) is 0. The molecule has 0 aromatic heterocycles. The first-order valence-corrected chi connectivity index (χ1v) is 13.2. The van der Waals surface area contributed by atoms with Crippen LogP contribution in [0.2, 0.25) is 5.02 Å². The molecule has 1 N–H and O–H groups in total. The van der Waals surface area contributed by atoms with E-state index in [1.54, 1.807) is 54.6 Å². The number of aryl methyl sites for hydroxylation is 1. The molecule has 0 radical (unpaired) electrons. The van der Waals surface area contributed by atoms with Crippen LogP contribution < -0.4 is 14.8 Å². The predicted octanol–water partition coefficient (Wildman–Crippen LogP) is 5.98. The van der Waals surface area contributed by atoms with Gasteiger partial charge in [-0.2, -0.15) is 0 Å². The number of thioether (sulfide) groups is 1.